The van der Waals surface area contributed by atoms with Crippen molar-refractivity contribution in [3.05, 3.63) is 0 Å². The van der Waals surface area contributed by atoms with Gasteiger partial charge in [0.05, 0.1) is 12.3 Å². The van der Waals surface area contributed by atoms with Crippen LogP contribution in [-0.2, 0) is 14.4 Å². The van der Waals surface area contributed by atoms with Crippen LogP contribution in [0.25, 0.3) is 0 Å². The van der Waals surface area contributed by atoms with Crippen LogP contribution in [-0.4, -0.2) is 70.1 Å². The molecule has 9 heteroatoms. The topological polar surface area (TPSA) is 123 Å². The molecule has 21 heavy (non-hydrogen) atoms. The van der Waals surface area contributed by atoms with E-state index in [9.17, 15) is 14.4 Å². The number of carbonyl (C=O) groups is 3. The molecule has 2 aliphatic rings. The van der Waals surface area contributed by atoms with Gasteiger partial charge in [-0.2, -0.15) is 10.2 Å². The van der Waals surface area contributed by atoms with Crippen molar-refractivity contribution in [1.29, 1.82) is 0 Å². The summed E-state index contributed by atoms with van der Waals surface area (Å²) in [4.78, 5) is 31.9. The molecule has 0 radical (unpaired) electrons. The monoisotopic (exact) mass is 298 g/mol. The zero-order chi connectivity index (χ0) is 16.0. The summed E-state index contributed by atoms with van der Waals surface area (Å²) in [5.41, 5.74) is 0.731. The third-order valence-electron chi connectivity index (χ3n) is 2.92. The van der Waals surface area contributed by atoms with Gasteiger partial charge in [0.2, 0.25) is 11.8 Å². The maximum atomic E-state index is 10.8. The number of carboxylic acid groups (broad SMARTS) is 1. The quantitative estimate of drug-likeness (QED) is 0.695. The highest BCUT2D eigenvalue weighted by atomic mass is 16.4. The molecule has 0 spiro atoms. The molecule has 0 aromatic heterocycles. The van der Waals surface area contributed by atoms with E-state index in [0.717, 1.165) is 5.01 Å². The van der Waals surface area contributed by atoms with Crippen molar-refractivity contribution >= 4 is 29.2 Å². The molecule has 0 saturated heterocycles. The highest BCUT2D eigenvalue weighted by Crippen LogP contribution is 2.06. The summed E-state index contributed by atoms with van der Waals surface area (Å²) in [5, 5.41) is 26.8. The van der Waals surface area contributed by atoms with Gasteiger partial charge in [-0.05, 0) is 6.42 Å². The van der Waals surface area contributed by atoms with Crippen LogP contribution in [0.15, 0.2) is 10.2 Å². The van der Waals surface area contributed by atoms with Crippen LogP contribution in [0.5, 0.6) is 0 Å². The second kappa shape index (κ2) is 7.48. The Bertz CT molecular complexity index is 500. The minimum absolute atomic E-state index is 0.0113. The van der Waals surface area contributed by atoms with E-state index in [2.05, 4.69) is 10.2 Å². The maximum Gasteiger partial charge on any atom is 0.352 e. The van der Waals surface area contributed by atoms with Gasteiger partial charge >= 0.3 is 5.97 Å². The fourth-order valence-electron chi connectivity index (χ4n) is 1.67. The first-order valence-corrected chi connectivity index (χ1v) is 6.36. The van der Waals surface area contributed by atoms with Crippen molar-refractivity contribution in [1.82, 2.24) is 10.0 Å². The van der Waals surface area contributed by atoms with Gasteiger partial charge in [0.1, 0.15) is 5.71 Å². The van der Waals surface area contributed by atoms with Crippen LogP contribution >= 0.6 is 0 Å². The lowest BCUT2D eigenvalue weighted by atomic mass is 10.2. The maximum absolute atomic E-state index is 10.8. The Morgan fingerprint density at radius 1 is 1.05 bits per heavy atom. The van der Waals surface area contributed by atoms with Gasteiger partial charge in [-0.25, -0.2) is 14.8 Å². The molecule has 2 heterocycles. The van der Waals surface area contributed by atoms with E-state index >= 15 is 0 Å². The zero-order valence-electron chi connectivity index (χ0n) is 11.9. The molecule has 0 aromatic carbocycles. The molecule has 0 bridgehead atoms. The largest absolute Gasteiger partial charge is 0.477 e. The summed E-state index contributed by atoms with van der Waals surface area (Å²) < 4.78 is 0. The number of aliphatic hydroxyl groups is 1. The molecule has 116 valence electrons. The number of hydrogen-bond acceptors (Lipinski definition) is 6. The highest BCUT2D eigenvalue weighted by Gasteiger charge is 2.20. The van der Waals surface area contributed by atoms with E-state index in [4.69, 9.17) is 10.2 Å². The standard InChI is InChI=1S/C6H8N2O3.C6H10N2O2/c1-8-5(9)3-2-4(7-8)6(10)11;1-8-6(10)3-2-5(4-9)7-8/h2-3H2,1H3,(H,10,11);9H,2-4H2,1H3. The predicted molar refractivity (Wildman–Crippen MR) is 73.6 cm³/mol. The molecule has 2 aliphatic heterocycles. The zero-order valence-corrected chi connectivity index (χ0v) is 11.9. The molecule has 9 nitrogen and oxygen atoms in total. The number of amides is 2. The number of nitrogens with zero attached hydrogens (tertiary/aromatic N) is 4. The van der Waals surface area contributed by atoms with Crippen molar-refractivity contribution < 1.29 is 24.6 Å². The molecule has 0 saturated carbocycles. The lowest BCUT2D eigenvalue weighted by Crippen LogP contribution is -2.31. The van der Waals surface area contributed by atoms with Crippen LogP contribution in [0.3, 0.4) is 0 Å². The summed E-state index contributed by atoms with van der Waals surface area (Å²) in [7, 11) is 3.04. The molecule has 0 aliphatic carbocycles. The van der Waals surface area contributed by atoms with E-state index in [1.54, 1.807) is 7.05 Å². The second-order valence-corrected chi connectivity index (χ2v) is 4.51. The first-order valence-electron chi connectivity index (χ1n) is 6.36. The summed E-state index contributed by atoms with van der Waals surface area (Å²) in [5.74, 6) is -1.18. The third kappa shape index (κ3) is 4.95. The lowest BCUT2D eigenvalue weighted by molar-refractivity contribution is -0.132. The molecule has 2 N–H and O–H groups in total. The predicted octanol–water partition coefficient (Wildman–Crippen LogP) is -0.734. The summed E-state index contributed by atoms with van der Waals surface area (Å²) in [6.07, 6.45) is 1.54. The SMILES string of the molecule is CN1N=C(C(=O)O)CCC1=O.CN1N=C(CO)CCC1=O. The van der Waals surface area contributed by atoms with Crippen LogP contribution < -0.4 is 0 Å². The fraction of sp³-hybridized carbons (Fsp3) is 0.583. The molecule has 2 rings (SSSR count). The van der Waals surface area contributed by atoms with Gasteiger partial charge in [0, 0.05) is 33.4 Å². The molecular formula is C12H18N4O5. The Balaban J connectivity index is 0.000000211. The minimum Gasteiger partial charge on any atom is -0.477 e. The van der Waals surface area contributed by atoms with Gasteiger partial charge in [-0.15, -0.1) is 0 Å². The van der Waals surface area contributed by atoms with Gasteiger partial charge < -0.3 is 10.2 Å². The normalized spacial score (nSPS) is 18.6. The molecule has 0 atom stereocenters. The lowest BCUT2D eigenvalue weighted by Gasteiger charge is -2.17. The Morgan fingerprint density at radius 2 is 1.57 bits per heavy atom. The van der Waals surface area contributed by atoms with E-state index in [-0.39, 0.29) is 37.0 Å². The van der Waals surface area contributed by atoms with Gasteiger partial charge in [0.25, 0.3) is 0 Å². The smallest absolute Gasteiger partial charge is 0.352 e. The first kappa shape index (κ1) is 16.8. The number of hydrogen-bond donors (Lipinski definition) is 2. The van der Waals surface area contributed by atoms with Crippen molar-refractivity contribution in [3.63, 3.8) is 0 Å². The number of carbonyl (C=O) groups excluding carboxylic acids is 2. The van der Waals surface area contributed by atoms with E-state index < -0.39 is 5.97 Å². The molecular weight excluding hydrogens is 280 g/mol. The highest BCUT2D eigenvalue weighted by molar-refractivity contribution is 6.36. The molecule has 0 aromatic rings. The third-order valence-corrected chi connectivity index (χ3v) is 2.92. The Morgan fingerprint density at radius 3 is 2.00 bits per heavy atom. The van der Waals surface area contributed by atoms with E-state index in [0.29, 0.717) is 18.6 Å². The summed E-state index contributed by atoms with van der Waals surface area (Å²) in [6.45, 7) is -0.0440. The molecule has 0 fully saturated rings. The number of aliphatic hydroxyl groups excluding tert-OH is 1. The van der Waals surface area contributed by atoms with Crippen LogP contribution in [0.4, 0.5) is 0 Å². The fourth-order valence-corrected chi connectivity index (χ4v) is 1.67. The number of carboxylic acids is 1. The molecule has 0 unspecified atom stereocenters. The first-order chi connectivity index (χ1) is 9.85. The average Bonchev–Trinajstić information content (AvgIpc) is 2.45. The number of rotatable bonds is 2. The van der Waals surface area contributed by atoms with E-state index in [1.165, 1.54) is 12.1 Å². The minimum atomic E-state index is -1.05. The van der Waals surface area contributed by atoms with Crippen molar-refractivity contribution in [2.24, 2.45) is 10.2 Å². The second-order valence-electron chi connectivity index (χ2n) is 4.51. The molecule has 2 amide bonds. The van der Waals surface area contributed by atoms with Crippen molar-refractivity contribution in [2.45, 2.75) is 25.7 Å². The Kier molecular flexibility index (Phi) is 5.97. The Labute approximate surface area is 121 Å². The van der Waals surface area contributed by atoms with Crippen molar-refractivity contribution in [3.8, 4) is 0 Å². The van der Waals surface area contributed by atoms with Crippen LogP contribution in [0.1, 0.15) is 25.7 Å². The van der Waals surface area contributed by atoms with Gasteiger partial charge in [-0.1, -0.05) is 0 Å². The van der Waals surface area contributed by atoms with Crippen LogP contribution in [0, 0.1) is 0 Å². The van der Waals surface area contributed by atoms with Crippen LogP contribution in [0.2, 0.25) is 0 Å². The van der Waals surface area contributed by atoms with Gasteiger partial charge in [0.15, 0.2) is 0 Å². The number of hydrazone groups is 2. The van der Waals surface area contributed by atoms with Crippen molar-refractivity contribution in [2.75, 3.05) is 20.7 Å². The number of aliphatic carboxylic acids is 1. The summed E-state index contributed by atoms with van der Waals surface area (Å²) in [6, 6.07) is 0. The van der Waals surface area contributed by atoms with E-state index in [1.807, 2.05) is 0 Å². The van der Waals surface area contributed by atoms with Gasteiger partial charge in [-0.3, -0.25) is 9.59 Å². The summed E-state index contributed by atoms with van der Waals surface area (Å²) >= 11 is 0. The Hall–Kier alpha value is -2.29. The average molecular weight is 298 g/mol.